The number of nitrogens with zero attached hydrogens (tertiary/aromatic N) is 5. The average molecular weight is 423 g/mol. The van der Waals surface area contributed by atoms with Gasteiger partial charge in [-0.25, -0.2) is 9.37 Å². The zero-order valence-corrected chi connectivity index (χ0v) is 17.7. The Balaban J connectivity index is 1.35. The fourth-order valence-corrected chi connectivity index (χ4v) is 4.77. The first-order chi connectivity index (χ1) is 15.0. The van der Waals surface area contributed by atoms with Crippen LogP contribution in [0.3, 0.4) is 0 Å². The van der Waals surface area contributed by atoms with Gasteiger partial charge in [0.15, 0.2) is 0 Å². The number of rotatable bonds is 5. The van der Waals surface area contributed by atoms with E-state index in [1.54, 1.807) is 24.7 Å². The van der Waals surface area contributed by atoms with Crippen molar-refractivity contribution < 1.29 is 9.50 Å². The summed E-state index contributed by atoms with van der Waals surface area (Å²) in [5, 5.41) is 18.2. The van der Waals surface area contributed by atoms with Crippen molar-refractivity contribution in [2.24, 2.45) is 0 Å². The van der Waals surface area contributed by atoms with Crippen molar-refractivity contribution in [2.45, 2.75) is 57.0 Å². The Morgan fingerprint density at radius 3 is 2.77 bits per heavy atom. The molecule has 2 bridgehead atoms. The van der Waals surface area contributed by atoms with E-state index in [2.05, 4.69) is 20.4 Å². The van der Waals surface area contributed by atoms with Crippen molar-refractivity contribution in [3.05, 3.63) is 43.0 Å². The van der Waals surface area contributed by atoms with Gasteiger partial charge in [-0.15, -0.1) is 0 Å². The van der Waals surface area contributed by atoms with Crippen LogP contribution in [-0.2, 0) is 6.54 Å². The van der Waals surface area contributed by atoms with Crippen molar-refractivity contribution in [3.63, 3.8) is 0 Å². The van der Waals surface area contributed by atoms with E-state index >= 15 is 0 Å². The molecule has 0 saturated carbocycles. The van der Waals surface area contributed by atoms with Crippen LogP contribution in [0.15, 0.2) is 43.0 Å². The van der Waals surface area contributed by atoms with Crippen LogP contribution in [0.2, 0.25) is 0 Å². The number of aryl methyl sites for hydroxylation is 1. The minimum absolute atomic E-state index is 0.0571. The van der Waals surface area contributed by atoms with Crippen LogP contribution in [0, 0.1) is 0 Å². The molecule has 0 radical (unpaired) electrons. The van der Waals surface area contributed by atoms with E-state index in [0.717, 1.165) is 36.9 Å². The molecule has 2 saturated heterocycles. The van der Waals surface area contributed by atoms with E-state index in [1.165, 1.54) is 0 Å². The van der Waals surface area contributed by atoms with E-state index in [9.17, 15) is 9.50 Å². The summed E-state index contributed by atoms with van der Waals surface area (Å²) in [5.74, 6) is 0.775. The van der Waals surface area contributed by atoms with Gasteiger partial charge in [-0.3, -0.25) is 9.67 Å². The zero-order chi connectivity index (χ0) is 21.5. The van der Waals surface area contributed by atoms with Crippen molar-refractivity contribution in [3.8, 4) is 28.1 Å². The summed E-state index contributed by atoms with van der Waals surface area (Å²) >= 11 is 0. The second kappa shape index (κ2) is 7.92. The van der Waals surface area contributed by atoms with Gasteiger partial charge in [-0.2, -0.15) is 5.10 Å². The highest BCUT2D eigenvalue weighted by Gasteiger charge is 2.43. The summed E-state index contributed by atoms with van der Waals surface area (Å²) < 4.78 is 16.7. The monoisotopic (exact) mass is 422 g/mol. The maximum Gasteiger partial charge on any atom is 0.147 e. The number of aromatic hydroxyl groups is 1. The number of phenols is 1. The molecule has 2 aliphatic heterocycles. The summed E-state index contributed by atoms with van der Waals surface area (Å²) in [6.07, 6.45) is 8.82. The summed E-state index contributed by atoms with van der Waals surface area (Å²) in [6.45, 7) is 2.82. The molecule has 5 rings (SSSR count). The highest BCUT2D eigenvalue weighted by molar-refractivity contribution is 5.73. The molecule has 1 aromatic carbocycles. The topological polar surface area (TPSA) is 79.1 Å². The molecule has 2 aromatic heterocycles. The number of alkyl halides is 1. The lowest BCUT2D eigenvalue weighted by atomic mass is 9.96. The third-order valence-electron chi connectivity index (χ3n) is 6.62. The summed E-state index contributed by atoms with van der Waals surface area (Å²) in [6, 6.07) is 5.62. The highest BCUT2D eigenvalue weighted by Crippen LogP contribution is 2.35. The second-order valence-electron chi connectivity index (χ2n) is 8.48. The van der Waals surface area contributed by atoms with Crippen molar-refractivity contribution in [2.75, 3.05) is 11.9 Å². The fourth-order valence-electron chi connectivity index (χ4n) is 4.77. The van der Waals surface area contributed by atoms with Gasteiger partial charge < -0.3 is 15.3 Å². The highest BCUT2D eigenvalue weighted by atomic mass is 19.1. The molecule has 2 N–H and O–H groups in total. The van der Waals surface area contributed by atoms with Gasteiger partial charge in [-0.05, 0) is 43.9 Å². The molecular formula is C23H27FN6O. The van der Waals surface area contributed by atoms with Gasteiger partial charge in [0.1, 0.15) is 17.7 Å². The van der Waals surface area contributed by atoms with Crippen molar-refractivity contribution in [1.82, 2.24) is 25.1 Å². The second-order valence-corrected chi connectivity index (χ2v) is 8.48. The molecule has 4 heterocycles. The predicted molar refractivity (Wildman–Crippen MR) is 118 cm³/mol. The summed E-state index contributed by atoms with van der Waals surface area (Å²) in [4.78, 5) is 10.9. The molecule has 2 fully saturated rings. The van der Waals surface area contributed by atoms with Crippen LogP contribution in [0.5, 0.6) is 5.75 Å². The van der Waals surface area contributed by atoms with Crippen LogP contribution in [0.25, 0.3) is 22.4 Å². The number of aromatic nitrogens is 4. The number of fused-ring (bicyclic) bond motifs is 2. The van der Waals surface area contributed by atoms with E-state index in [-0.39, 0.29) is 17.8 Å². The van der Waals surface area contributed by atoms with Gasteiger partial charge in [0, 0.05) is 43.0 Å². The van der Waals surface area contributed by atoms with Gasteiger partial charge in [0.05, 0.1) is 30.3 Å². The number of benzene rings is 1. The number of anilines is 1. The zero-order valence-electron chi connectivity index (χ0n) is 17.7. The third-order valence-corrected chi connectivity index (χ3v) is 6.62. The Morgan fingerprint density at radius 1 is 1.19 bits per heavy atom. The standard InChI is InChI=1S/C23H27FN6O/c1-3-30-13-15(10-27-30)14-4-6-17(21(31)8-14)19-11-26-22(12-25-19)29(2)20-9-16-5-7-18(28-16)23(20)24/h4,6,8,10-13,16,18,20,23,28,31H,3,5,7,9H2,1-2H3/t16-,18+,20-,23+/m1/s1. The van der Waals surface area contributed by atoms with Crippen LogP contribution >= 0.6 is 0 Å². The number of hydrogen-bond acceptors (Lipinski definition) is 6. The predicted octanol–water partition coefficient (Wildman–Crippen LogP) is 3.40. The Hall–Kier alpha value is -3.00. The minimum Gasteiger partial charge on any atom is -0.507 e. The lowest BCUT2D eigenvalue weighted by Gasteiger charge is -2.38. The first kappa shape index (κ1) is 19.9. The summed E-state index contributed by atoms with van der Waals surface area (Å²) in [5.41, 5.74) is 3.02. The molecule has 4 atom stereocenters. The van der Waals surface area contributed by atoms with Crippen LogP contribution in [0.1, 0.15) is 26.2 Å². The first-order valence-corrected chi connectivity index (χ1v) is 10.8. The van der Waals surface area contributed by atoms with E-state index in [0.29, 0.717) is 23.1 Å². The van der Waals surface area contributed by atoms with E-state index in [4.69, 9.17) is 0 Å². The van der Waals surface area contributed by atoms with Crippen molar-refractivity contribution >= 4 is 5.82 Å². The molecule has 0 unspecified atom stereocenters. The SMILES string of the molecule is CCn1cc(-c2ccc(-c3cnc(N(C)[C@@H]4C[C@H]5CC[C@H](N5)[C@@H]4F)cn3)c(O)c2)cn1. The lowest BCUT2D eigenvalue weighted by Crippen LogP contribution is -2.55. The largest absolute Gasteiger partial charge is 0.507 e. The molecule has 162 valence electrons. The Morgan fingerprint density at radius 2 is 2.06 bits per heavy atom. The molecule has 2 aliphatic rings. The molecule has 0 amide bonds. The minimum atomic E-state index is -0.918. The van der Waals surface area contributed by atoms with E-state index < -0.39 is 6.17 Å². The normalized spacial score (nSPS) is 25.0. The van der Waals surface area contributed by atoms with Gasteiger partial charge >= 0.3 is 0 Å². The third kappa shape index (κ3) is 3.65. The molecule has 8 heteroatoms. The number of nitrogens with one attached hydrogen (secondary N) is 1. The molecule has 3 aromatic rings. The molecule has 7 nitrogen and oxygen atoms in total. The number of hydrogen-bond donors (Lipinski definition) is 2. The van der Waals surface area contributed by atoms with Crippen LogP contribution < -0.4 is 10.2 Å². The van der Waals surface area contributed by atoms with Crippen LogP contribution in [-0.4, -0.2) is 56.2 Å². The smallest absolute Gasteiger partial charge is 0.147 e. The fraction of sp³-hybridized carbons (Fsp3) is 0.435. The van der Waals surface area contributed by atoms with Gasteiger partial charge in [-0.1, -0.05) is 6.07 Å². The lowest BCUT2D eigenvalue weighted by molar-refractivity contribution is 0.176. The summed E-state index contributed by atoms with van der Waals surface area (Å²) in [7, 11) is 1.88. The molecule has 0 spiro atoms. The Bertz CT molecular complexity index is 1070. The average Bonchev–Trinajstić information content (AvgIpc) is 3.43. The number of halogens is 1. The number of piperidine rings is 1. The van der Waals surface area contributed by atoms with E-state index in [1.807, 2.05) is 41.9 Å². The van der Waals surface area contributed by atoms with Crippen LogP contribution in [0.4, 0.5) is 10.2 Å². The van der Waals surface area contributed by atoms with Gasteiger partial charge in [0.25, 0.3) is 0 Å². The Labute approximate surface area is 180 Å². The Kier molecular flexibility index (Phi) is 5.09. The molecule has 0 aliphatic carbocycles. The van der Waals surface area contributed by atoms with Crippen molar-refractivity contribution in [1.29, 1.82) is 0 Å². The first-order valence-electron chi connectivity index (χ1n) is 10.8. The van der Waals surface area contributed by atoms with Gasteiger partial charge in [0.2, 0.25) is 0 Å². The maximum atomic E-state index is 14.9. The quantitative estimate of drug-likeness (QED) is 0.656. The molecular weight excluding hydrogens is 395 g/mol. The maximum absolute atomic E-state index is 14.9. The number of phenolic OH excluding ortho intramolecular Hbond substituents is 1. The molecule has 31 heavy (non-hydrogen) atoms.